The minimum atomic E-state index is -0.500. The molecule has 39 heavy (non-hydrogen) atoms. The van der Waals surface area contributed by atoms with Crippen LogP contribution in [0, 0.1) is 24.6 Å². The van der Waals surface area contributed by atoms with Crippen molar-refractivity contribution in [3.8, 4) is 11.8 Å². The van der Waals surface area contributed by atoms with E-state index in [0.717, 1.165) is 25.9 Å². The molecule has 18 heteroatoms. The molecule has 1 aliphatic heterocycles. The lowest BCUT2D eigenvalue weighted by Gasteiger charge is -2.52. The van der Waals surface area contributed by atoms with Crippen LogP contribution in [0.25, 0.3) is 0 Å². The molecular formula is C21H32B7ClFN7O2. The molecule has 3 aromatic rings. The van der Waals surface area contributed by atoms with Crippen molar-refractivity contribution in [3.05, 3.63) is 34.9 Å². The third-order valence-electron chi connectivity index (χ3n) is 8.94. The van der Waals surface area contributed by atoms with Gasteiger partial charge >= 0.3 is 12.0 Å². The van der Waals surface area contributed by atoms with Gasteiger partial charge in [-0.3, -0.25) is 0 Å². The molecule has 0 radical (unpaired) electrons. The number of benzene rings is 1. The fourth-order valence-corrected chi connectivity index (χ4v) is 6.47. The molecular weight excluding hydrogens is 512 g/mol. The maximum atomic E-state index is 13.9. The molecule has 3 atom stereocenters. The van der Waals surface area contributed by atoms with Crippen LogP contribution in [-0.4, -0.2) is 99.0 Å². The summed E-state index contributed by atoms with van der Waals surface area (Å²) in [4.78, 5) is 11.5. The van der Waals surface area contributed by atoms with Crippen LogP contribution in [0.2, 0.25) is 15.2 Å². The average Bonchev–Trinajstić information content (AvgIpc) is 3.50. The van der Waals surface area contributed by atoms with Crippen LogP contribution in [0.3, 0.4) is 0 Å². The number of hydrogen-bond donors (Lipinski definition) is 1. The van der Waals surface area contributed by atoms with Crippen molar-refractivity contribution in [1.82, 2.24) is 24.9 Å². The molecule has 1 N–H and O–H groups in total. The first kappa shape index (κ1) is 28.1. The lowest BCUT2D eigenvalue weighted by atomic mass is 9.18. The van der Waals surface area contributed by atoms with Crippen molar-refractivity contribution in [2.75, 3.05) is 23.3 Å². The average molecular weight is 545 g/mol. The second-order valence-corrected chi connectivity index (χ2v) is 13.6. The van der Waals surface area contributed by atoms with Crippen LogP contribution < -0.4 is 15.0 Å². The summed E-state index contributed by atoms with van der Waals surface area (Å²) in [5, 5.41) is 12.2. The molecule has 1 aromatic carbocycles. The highest BCUT2D eigenvalue weighted by Gasteiger charge is 2.50. The molecule has 1 saturated heterocycles. The summed E-state index contributed by atoms with van der Waals surface area (Å²) in [5.41, 5.74) is -0.496. The lowest BCUT2D eigenvalue weighted by molar-refractivity contribution is 0.317. The number of aryl methyl sites for hydroxylation is 1. The minimum absolute atomic E-state index is 0.00825. The summed E-state index contributed by atoms with van der Waals surface area (Å²) in [6.45, 7) is 3.49. The molecule has 2 bridgehead atoms. The van der Waals surface area contributed by atoms with E-state index >= 15 is 0 Å². The molecule has 0 spiro atoms. The molecule has 0 amide bonds. The third-order valence-corrected chi connectivity index (χ3v) is 9.23. The number of anilines is 2. The molecule has 2 aliphatic rings. The van der Waals surface area contributed by atoms with Crippen molar-refractivity contribution in [1.29, 1.82) is 0 Å². The first-order valence-electron chi connectivity index (χ1n) is 13.6. The maximum Gasteiger partial charge on any atom is 0.324 e. The van der Waals surface area contributed by atoms with E-state index in [1.807, 2.05) is 11.6 Å². The molecule has 2 aromatic heterocycles. The molecule has 198 valence electrons. The van der Waals surface area contributed by atoms with Crippen molar-refractivity contribution < 1.29 is 13.7 Å². The van der Waals surface area contributed by atoms with Crippen molar-refractivity contribution in [2.45, 2.75) is 41.5 Å². The van der Waals surface area contributed by atoms with Crippen molar-refractivity contribution >= 4 is 78.5 Å². The van der Waals surface area contributed by atoms with Gasteiger partial charge in [-0.1, -0.05) is 27.0 Å². The lowest BCUT2D eigenvalue weighted by Crippen LogP contribution is -2.57. The smallest absolute Gasteiger partial charge is 0.324 e. The third kappa shape index (κ3) is 5.11. The molecule has 3 heterocycles. The van der Waals surface area contributed by atoms with Crippen LogP contribution in [0.4, 0.5) is 16.4 Å². The van der Waals surface area contributed by atoms with E-state index in [0.29, 0.717) is 41.4 Å². The second kappa shape index (κ2) is 9.89. The van der Waals surface area contributed by atoms with Gasteiger partial charge < -0.3 is 19.5 Å². The summed E-state index contributed by atoms with van der Waals surface area (Å²) in [6.07, 6.45) is 2.21. The van der Waals surface area contributed by atoms with Gasteiger partial charge in [-0.05, 0) is 43.7 Å². The predicted octanol–water partition coefficient (Wildman–Crippen LogP) is -2.89. The van der Waals surface area contributed by atoms with Crippen LogP contribution in [0.15, 0.2) is 22.7 Å². The Bertz CT molecular complexity index is 1340. The molecule has 1 saturated carbocycles. The summed E-state index contributed by atoms with van der Waals surface area (Å²) in [6, 6.07) is 5.44. The molecule has 9 nitrogen and oxygen atoms in total. The van der Waals surface area contributed by atoms with E-state index < -0.39 is 11.3 Å². The van der Waals surface area contributed by atoms with E-state index in [9.17, 15) is 4.39 Å². The summed E-state index contributed by atoms with van der Waals surface area (Å²) in [7, 11) is 15.4. The van der Waals surface area contributed by atoms with Crippen molar-refractivity contribution in [2.24, 2.45) is 11.8 Å². The molecule has 5 rings (SSSR count). The Labute approximate surface area is 240 Å². The van der Waals surface area contributed by atoms with E-state index in [4.69, 9.17) is 30.9 Å². The Morgan fingerprint density at radius 3 is 2.23 bits per heavy atom. The topological polar surface area (TPSA) is 94.1 Å². The van der Waals surface area contributed by atoms with Crippen LogP contribution in [0.1, 0.15) is 18.7 Å². The number of ether oxygens (including phenoxy) is 1. The Morgan fingerprint density at radius 2 is 1.69 bits per heavy atom. The quantitative estimate of drug-likeness (QED) is 0.302. The van der Waals surface area contributed by atoms with E-state index in [1.54, 1.807) is 6.07 Å². The predicted molar refractivity (Wildman–Crippen MR) is 170 cm³/mol. The molecule has 1 aliphatic carbocycles. The van der Waals surface area contributed by atoms with Gasteiger partial charge in [0.1, 0.15) is 19.4 Å². The summed E-state index contributed by atoms with van der Waals surface area (Å²) < 4.78 is 27.4. The van der Waals surface area contributed by atoms with Gasteiger partial charge in [-0.25, -0.2) is 9.07 Å². The number of piperidine rings is 1. The van der Waals surface area contributed by atoms with Gasteiger partial charge in [0.15, 0.2) is 5.82 Å². The van der Waals surface area contributed by atoms with Gasteiger partial charge in [0.05, 0.1) is 52.1 Å². The van der Waals surface area contributed by atoms with Crippen molar-refractivity contribution in [3.63, 3.8) is 0 Å². The Hall–Kier alpha value is -2.43. The number of nitrogens with one attached hydrogen (secondary N) is 1. The number of hydrogen-bond acceptors (Lipinski definition) is 8. The maximum absolute atomic E-state index is 13.9. The Kier molecular flexibility index (Phi) is 7.13. The molecule has 2 fully saturated rings. The van der Waals surface area contributed by atoms with Crippen LogP contribution in [-0.2, 0) is 5.44 Å². The first-order chi connectivity index (χ1) is 18.2. The van der Waals surface area contributed by atoms with Gasteiger partial charge in [0.25, 0.3) is 0 Å². The monoisotopic (exact) mass is 545 g/mol. The zero-order chi connectivity index (χ0) is 28.3. The van der Waals surface area contributed by atoms with Gasteiger partial charge in [-0.15, -0.1) is 5.10 Å². The van der Waals surface area contributed by atoms with Crippen LogP contribution >= 0.6 is 11.6 Å². The Morgan fingerprint density at radius 1 is 1.05 bits per heavy atom. The zero-order valence-electron chi connectivity index (χ0n) is 24.0. The van der Waals surface area contributed by atoms with Gasteiger partial charge in [-0.2, -0.15) is 9.97 Å². The molecule has 0 unspecified atom stereocenters. The zero-order valence-corrected chi connectivity index (χ0v) is 24.8. The van der Waals surface area contributed by atoms with Crippen LogP contribution in [0.5, 0.6) is 11.8 Å². The SMILES string of the molecule is BC(B)(B)C(B)(n1nc(N[C@@H]2[C@@H]3CC[C@H]2CN(c2nc(C)no2)C3)nc1Oc1ccc(F)c(Cl)c1)C(B)(B)B. The number of rotatable bonds is 8. The Balaban J connectivity index is 1.48. The standard InChI is InChI=1S/C21H32B7ClFN7O2/c1-9-31-17(39-35-9)36-7-10-2-3-11(8-36)15(10)32-16-33-18(38-12-4-5-14(30)13(29)6-12)37(34-16)19(22,20(23,24)25)21(26,27)28/h4-6,10-11,15H,2-3,7-8,22-28H2,1H3,(H,32,34)/t10-,11+,15-. The second-order valence-electron chi connectivity index (χ2n) is 13.2. The van der Waals surface area contributed by atoms with E-state index in [1.165, 1.54) is 12.1 Å². The van der Waals surface area contributed by atoms with E-state index in [-0.39, 0.29) is 21.3 Å². The number of fused-ring (bicyclic) bond motifs is 2. The number of nitrogens with zero attached hydrogens (tertiary/aromatic N) is 6. The van der Waals surface area contributed by atoms with E-state index in [2.05, 4.69) is 75.3 Å². The normalized spacial score (nSPS) is 21.7. The van der Waals surface area contributed by atoms with Gasteiger partial charge in [0, 0.05) is 30.6 Å². The fraction of sp³-hybridized carbons (Fsp3) is 0.524. The summed E-state index contributed by atoms with van der Waals surface area (Å²) >= 11 is 6.06. The largest absolute Gasteiger partial charge is 0.424 e. The fourth-order valence-electron chi connectivity index (χ4n) is 6.30. The minimum Gasteiger partial charge on any atom is -0.424 e. The number of halogens is 2. The first-order valence-corrected chi connectivity index (χ1v) is 14.0. The highest BCUT2D eigenvalue weighted by Crippen LogP contribution is 2.48. The van der Waals surface area contributed by atoms with Gasteiger partial charge in [0.2, 0.25) is 5.95 Å². The number of aromatic nitrogens is 5. The highest BCUT2D eigenvalue weighted by atomic mass is 35.5. The highest BCUT2D eigenvalue weighted by molar-refractivity contribution is 6.68. The summed E-state index contributed by atoms with van der Waals surface area (Å²) in [5.74, 6) is 1.83.